The van der Waals surface area contributed by atoms with E-state index >= 15 is 0 Å². The lowest BCUT2D eigenvalue weighted by Gasteiger charge is -2.11. The number of halogens is 1. The van der Waals surface area contributed by atoms with Gasteiger partial charge in [0.05, 0.1) is 17.6 Å². The first-order chi connectivity index (χ1) is 17.0. The van der Waals surface area contributed by atoms with Crippen LogP contribution >= 0.6 is 11.6 Å². The van der Waals surface area contributed by atoms with Gasteiger partial charge in [0.1, 0.15) is 11.6 Å². The number of amides is 1. The molecular weight excluding hydrogens is 458 g/mol. The van der Waals surface area contributed by atoms with Crippen LogP contribution in [0.5, 0.6) is 5.75 Å². The second-order valence-corrected chi connectivity index (χ2v) is 9.29. The molecule has 0 saturated carbocycles. The van der Waals surface area contributed by atoms with Crippen molar-refractivity contribution in [3.8, 4) is 5.75 Å². The zero-order chi connectivity index (χ0) is 24.6. The molecule has 0 unspecified atom stereocenters. The molecule has 35 heavy (non-hydrogen) atoms. The first kappa shape index (κ1) is 24.8. The third kappa shape index (κ3) is 6.64. The molecule has 0 bridgehead atoms. The molecule has 0 atom stereocenters. The Hall–Kier alpha value is -3.31. The normalized spacial score (nSPS) is 11.1. The number of aryl methyl sites for hydroxylation is 4. The number of hydrogen-bond acceptors (Lipinski definition) is 3. The summed E-state index contributed by atoms with van der Waals surface area (Å²) in [5.41, 5.74) is 5.07. The molecule has 0 aliphatic heterocycles. The van der Waals surface area contributed by atoms with E-state index in [2.05, 4.69) is 28.1 Å². The van der Waals surface area contributed by atoms with Gasteiger partial charge in [-0.05, 0) is 81.1 Å². The number of ether oxygens (including phenoxy) is 1. The van der Waals surface area contributed by atoms with Crippen LogP contribution in [0.1, 0.15) is 46.6 Å². The van der Waals surface area contributed by atoms with Crippen LogP contribution in [0, 0.1) is 13.8 Å². The Morgan fingerprint density at radius 1 is 1.00 bits per heavy atom. The van der Waals surface area contributed by atoms with Crippen molar-refractivity contribution in [2.45, 2.75) is 46.1 Å². The topological polar surface area (TPSA) is 56.2 Å². The highest BCUT2D eigenvalue weighted by Crippen LogP contribution is 2.19. The molecular formula is C29H32ClN3O2. The highest BCUT2D eigenvalue weighted by Gasteiger charge is 2.12. The van der Waals surface area contributed by atoms with Gasteiger partial charge in [0.25, 0.3) is 5.91 Å². The second kappa shape index (κ2) is 11.9. The summed E-state index contributed by atoms with van der Waals surface area (Å²) >= 11 is 5.93. The van der Waals surface area contributed by atoms with Gasteiger partial charge >= 0.3 is 0 Å². The van der Waals surface area contributed by atoms with Crippen molar-refractivity contribution < 1.29 is 9.53 Å². The Morgan fingerprint density at radius 2 is 1.80 bits per heavy atom. The number of rotatable bonds is 11. The number of para-hydroxylation sites is 2. The SMILES string of the molecule is Cc1ccc(C(=O)NCCCc2nc3ccccc3n2CCCCOc2ccc(Cl)cc2)c(C)c1. The van der Waals surface area contributed by atoms with Crippen molar-refractivity contribution >= 4 is 28.5 Å². The number of nitrogens with one attached hydrogen (secondary N) is 1. The highest BCUT2D eigenvalue weighted by atomic mass is 35.5. The van der Waals surface area contributed by atoms with Gasteiger partial charge in [-0.1, -0.05) is 41.4 Å². The molecule has 4 aromatic rings. The van der Waals surface area contributed by atoms with E-state index in [9.17, 15) is 4.79 Å². The summed E-state index contributed by atoms with van der Waals surface area (Å²) in [6.45, 7) is 6.17. The Kier molecular flexibility index (Phi) is 8.43. The molecule has 1 amide bonds. The number of carbonyl (C=O) groups is 1. The number of fused-ring (bicyclic) bond motifs is 1. The lowest BCUT2D eigenvalue weighted by atomic mass is 10.1. The first-order valence-corrected chi connectivity index (χ1v) is 12.6. The third-order valence-electron chi connectivity index (χ3n) is 6.08. The summed E-state index contributed by atoms with van der Waals surface area (Å²) in [7, 11) is 0. The molecule has 0 saturated heterocycles. The van der Waals surface area contributed by atoms with Crippen LogP contribution in [-0.2, 0) is 13.0 Å². The maximum Gasteiger partial charge on any atom is 0.251 e. The van der Waals surface area contributed by atoms with Gasteiger partial charge in [0.15, 0.2) is 0 Å². The maximum absolute atomic E-state index is 12.6. The number of imidazole rings is 1. The van der Waals surface area contributed by atoms with Gasteiger partial charge < -0.3 is 14.6 Å². The zero-order valence-corrected chi connectivity index (χ0v) is 21.1. The van der Waals surface area contributed by atoms with Crippen LogP contribution in [0.15, 0.2) is 66.7 Å². The molecule has 6 heteroatoms. The highest BCUT2D eigenvalue weighted by molar-refractivity contribution is 6.30. The Morgan fingerprint density at radius 3 is 2.60 bits per heavy atom. The number of nitrogens with zero attached hydrogens (tertiary/aromatic N) is 2. The summed E-state index contributed by atoms with van der Waals surface area (Å²) in [6.07, 6.45) is 3.58. The maximum atomic E-state index is 12.6. The van der Waals surface area contributed by atoms with E-state index in [1.54, 1.807) is 0 Å². The average Bonchev–Trinajstić information content (AvgIpc) is 3.20. The van der Waals surface area contributed by atoms with E-state index in [0.717, 1.165) is 71.5 Å². The van der Waals surface area contributed by atoms with Crippen LogP contribution in [-0.4, -0.2) is 28.6 Å². The quantitative estimate of drug-likeness (QED) is 0.244. The smallest absolute Gasteiger partial charge is 0.251 e. The van der Waals surface area contributed by atoms with Crippen LogP contribution in [0.3, 0.4) is 0 Å². The second-order valence-electron chi connectivity index (χ2n) is 8.86. The van der Waals surface area contributed by atoms with Crippen molar-refractivity contribution in [2.75, 3.05) is 13.2 Å². The summed E-state index contributed by atoms with van der Waals surface area (Å²) in [6, 6.07) is 21.6. The summed E-state index contributed by atoms with van der Waals surface area (Å²) in [4.78, 5) is 17.4. The molecule has 1 N–H and O–H groups in total. The largest absolute Gasteiger partial charge is 0.494 e. The summed E-state index contributed by atoms with van der Waals surface area (Å²) in [5.74, 6) is 1.88. The van der Waals surface area contributed by atoms with Gasteiger partial charge in [-0.3, -0.25) is 4.79 Å². The van der Waals surface area contributed by atoms with Crippen LogP contribution in [0.4, 0.5) is 0 Å². The van der Waals surface area contributed by atoms with Gasteiger partial charge in [-0.25, -0.2) is 4.98 Å². The Balaban J connectivity index is 1.29. The van der Waals surface area contributed by atoms with Crippen molar-refractivity contribution in [1.82, 2.24) is 14.9 Å². The fourth-order valence-corrected chi connectivity index (χ4v) is 4.40. The van der Waals surface area contributed by atoms with E-state index in [1.165, 1.54) is 0 Å². The molecule has 0 aliphatic rings. The van der Waals surface area contributed by atoms with E-state index in [4.69, 9.17) is 21.3 Å². The summed E-state index contributed by atoms with van der Waals surface area (Å²) < 4.78 is 8.14. The van der Waals surface area contributed by atoms with Crippen molar-refractivity contribution in [1.29, 1.82) is 0 Å². The molecule has 0 fully saturated rings. The number of hydrogen-bond donors (Lipinski definition) is 1. The Bertz CT molecular complexity index is 1280. The predicted molar refractivity (Wildman–Crippen MR) is 142 cm³/mol. The van der Waals surface area contributed by atoms with E-state index in [1.807, 2.05) is 62.4 Å². The Labute approximate surface area is 212 Å². The standard InChI is InChI=1S/C29H32ClN3O2/c1-21-11-16-25(22(2)20-21)29(34)31-17-7-10-28-32-26-8-3-4-9-27(26)33(28)18-5-6-19-35-24-14-12-23(30)13-15-24/h3-4,8-9,11-16,20H,5-7,10,17-19H2,1-2H3,(H,31,34). The molecule has 1 heterocycles. The average molecular weight is 490 g/mol. The van der Waals surface area contributed by atoms with Crippen molar-refractivity contribution in [3.05, 3.63) is 94.3 Å². The molecule has 3 aromatic carbocycles. The van der Waals surface area contributed by atoms with Gasteiger partial charge in [-0.2, -0.15) is 0 Å². The molecule has 0 spiro atoms. The van der Waals surface area contributed by atoms with E-state index in [0.29, 0.717) is 18.2 Å². The molecule has 1 aromatic heterocycles. The van der Waals surface area contributed by atoms with Crippen LogP contribution in [0.2, 0.25) is 5.02 Å². The molecule has 0 aliphatic carbocycles. The zero-order valence-electron chi connectivity index (χ0n) is 20.4. The van der Waals surface area contributed by atoms with E-state index < -0.39 is 0 Å². The van der Waals surface area contributed by atoms with Gasteiger partial charge in [0.2, 0.25) is 0 Å². The van der Waals surface area contributed by atoms with E-state index in [-0.39, 0.29) is 5.91 Å². The molecule has 4 rings (SSSR count). The van der Waals surface area contributed by atoms with Crippen molar-refractivity contribution in [3.63, 3.8) is 0 Å². The minimum atomic E-state index is -0.0170. The molecule has 0 radical (unpaired) electrons. The lowest BCUT2D eigenvalue weighted by Crippen LogP contribution is -2.25. The minimum absolute atomic E-state index is 0.0170. The summed E-state index contributed by atoms with van der Waals surface area (Å²) in [5, 5.41) is 3.77. The minimum Gasteiger partial charge on any atom is -0.494 e. The fraction of sp³-hybridized carbons (Fsp3) is 0.310. The molecule has 182 valence electrons. The number of carbonyl (C=O) groups excluding carboxylic acids is 1. The lowest BCUT2D eigenvalue weighted by molar-refractivity contribution is 0.0952. The third-order valence-corrected chi connectivity index (χ3v) is 6.33. The first-order valence-electron chi connectivity index (χ1n) is 12.2. The number of aromatic nitrogens is 2. The van der Waals surface area contributed by atoms with Gasteiger partial charge in [0, 0.05) is 30.1 Å². The van der Waals surface area contributed by atoms with Crippen molar-refractivity contribution in [2.24, 2.45) is 0 Å². The molecule has 5 nitrogen and oxygen atoms in total. The van der Waals surface area contributed by atoms with Crippen LogP contribution in [0.25, 0.3) is 11.0 Å². The number of unbranched alkanes of at least 4 members (excludes halogenated alkanes) is 1. The van der Waals surface area contributed by atoms with Gasteiger partial charge in [-0.15, -0.1) is 0 Å². The van der Waals surface area contributed by atoms with Crippen LogP contribution < -0.4 is 10.1 Å². The monoisotopic (exact) mass is 489 g/mol. The fourth-order valence-electron chi connectivity index (χ4n) is 4.27. The predicted octanol–water partition coefficient (Wildman–Crippen LogP) is 6.53. The number of benzene rings is 3.